The van der Waals surface area contributed by atoms with Gasteiger partial charge in [-0.15, -0.1) is 0 Å². The Balaban J connectivity index is 2.23. The smallest absolute Gasteiger partial charge is 0.213 e. The highest BCUT2D eigenvalue weighted by atomic mass is 32.2. The number of guanidine groups is 1. The van der Waals surface area contributed by atoms with Gasteiger partial charge in [0.1, 0.15) is 0 Å². The largest absolute Gasteiger partial charge is 0.377 e. The molecule has 7 nitrogen and oxygen atoms in total. The van der Waals surface area contributed by atoms with Gasteiger partial charge in [-0.1, -0.05) is 26.7 Å². The fraction of sp³-hybridized carbons (Fsp3) is 0.944. The fourth-order valence-electron chi connectivity index (χ4n) is 2.90. The van der Waals surface area contributed by atoms with Crippen molar-refractivity contribution in [2.24, 2.45) is 10.9 Å². The minimum atomic E-state index is -3.31. The molecule has 3 N–H and O–H groups in total. The van der Waals surface area contributed by atoms with Gasteiger partial charge in [-0.05, 0) is 38.5 Å². The van der Waals surface area contributed by atoms with Crippen LogP contribution in [0.2, 0.25) is 0 Å². The molecule has 0 aromatic heterocycles. The van der Waals surface area contributed by atoms with Crippen molar-refractivity contribution in [2.75, 3.05) is 32.5 Å². The molecule has 1 aliphatic heterocycles. The Bertz CT molecular complexity index is 503. The van der Waals surface area contributed by atoms with Crippen molar-refractivity contribution in [1.82, 2.24) is 15.4 Å². The summed E-state index contributed by atoms with van der Waals surface area (Å²) in [5.41, 5.74) is 0. The zero-order chi connectivity index (χ0) is 19.4. The van der Waals surface area contributed by atoms with E-state index < -0.39 is 10.0 Å². The van der Waals surface area contributed by atoms with Gasteiger partial charge in [0.2, 0.25) is 10.0 Å². The molecule has 2 unspecified atom stereocenters. The van der Waals surface area contributed by atoms with E-state index in [0.29, 0.717) is 25.1 Å². The summed E-state index contributed by atoms with van der Waals surface area (Å²) in [5.74, 6) is 1.38. The first-order chi connectivity index (χ1) is 12.3. The Morgan fingerprint density at radius 2 is 2.00 bits per heavy atom. The zero-order valence-corrected chi connectivity index (χ0v) is 17.7. The van der Waals surface area contributed by atoms with Crippen LogP contribution in [0.5, 0.6) is 0 Å². The molecule has 8 heteroatoms. The summed E-state index contributed by atoms with van der Waals surface area (Å²) < 4.78 is 32.4. The average Bonchev–Trinajstić information content (AvgIpc) is 2.59. The van der Waals surface area contributed by atoms with E-state index in [0.717, 1.165) is 38.2 Å². The number of rotatable bonds is 11. The van der Waals surface area contributed by atoms with Gasteiger partial charge in [0, 0.05) is 32.8 Å². The summed E-state index contributed by atoms with van der Waals surface area (Å²) >= 11 is 0. The molecule has 0 aliphatic carbocycles. The van der Waals surface area contributed by atoms with E-state index in [4.69, 9.17) is 4.74 Å². The van der Waals surface area contributed by atoms with Gasteiger partial charge >= 0.3 is 0 Å². The van der Waals surface area contributed by atoms with Gasteiger partial charge in [-0.2, -0.15) is 0 Å². The highest BCUT2D eigenvalue weighted by Crippen LogP contribution is 2.11. The zero-order valence-electron chi connectivity index (χ0n) is 16.9. The minimum absolute atomic E-state index is 0.00704. The van der Waals surface area contributed by atoms with Gasteiger partial charge in [0.15, 0.2) is 5.96 Å². The molecule has 1 heterocycles. The van der Waals surface area contributed by atoms with Gasteiger partial charge in [-0.25, -0.2) is 13.1 Å². The highest BCUT2D eigenvalue weighted by Gasteiger charge is 2.17. The van der Waals surface area contributed by atoms with Crippen LogP contribution in [0.1, 0.15) is 59.3 Å². The van der Waals surface area contributed by atoms with Crippen LogP contribution in [0.4, 0.5) is 0 Å². The van der Waals surface area contributed by atoms with Crippen molar-refractivity contribution in [3.63, 3.8) is 0 Å². The normalized spacial score (nSPS) is 20.2. The second-order valence-corrected chi connectivity index (χ2v) is 9.45. The predicted molar refractivity (Wildman–Crippen MR) is 108 cm³/mol. The van der Waals surface area contributed by atoms with E-state index in [-0.39, 0.29) is 11.9 Å². The van der Waals surface area contributed by atoms with Crippen LogP contribution >= 0.6 is 0 Å². The van der Waals surface area contributed by atoms with Gasteiger partial charge in [-0.3, -0.25) is 4.99 Å². The number of nitrogens with one attached hydrogen (secondary N) is 3. The first-order valence-electron chi connectivity index (χ1n) is 9.88. The van der Waals surface area contributed by atoms with E-state index in [1.165, 1.54) is 12.8 Å². The summed E-state index contributed by atoms with van der Waals surface area (Å²) in [5, 5.41) is 6.40. The first-order valence-corrected chi connectivity index (χ1v) is 11.5. The summed E-state index contributed by atoms with van der Waals surface area (Å²) in [6.45, 7) is 7.99. The maximum Gasteiger partial charge on any atom is 0.213 e. The minimum Gasteiger partial charge on any atom is -0.377 e. The molecule has 1 aliphatic rings. The second-order valence-electron chi connectivity index (χ2n) is 7.53. The molecule has 2 atom stereocenters. The quantitative estimate of drug-likeness (QED) is 0.370. The van der Waals surface area contributed by atoms with Crippen molar-refractivity contribution >= 4 is 16.0 Å². The van der Waals surface area contributed by atoms with Crippen LogP contribution in [0.25, 0.3) is 0 Å². The van der Waals surface area contributed by atoms with Crippen LogP contribution in [0.15, 0.2) is 4.99 Å². The van der Waals surface area contributed by atoms with Crippen molar-refractivity contribution in [3.8, 4) is 0 Å². The Morgan fingerprint density at radius 1 is 1.23 bits per heavy atom. The number of nitrogens with zero attached hydrogens (tertiary/aromatic N) is 1. The van der Waals surface area contributed by atoms with Crippen LogP contribution < -0.4 is 15.4 Å². The third-order valence-corrected chi connectivity index (χ3v) is 5.84. The van der Waals surface area contributed by atoms with Crippen LogP contribution in [-0.4, -0.2) is 59.0 Å². The molecule has 0 spiro atoms. The number of sulfonamides is 1. The van der Waals surface area contributed by atoms with Crippen LogP contribution in [0, 0.1) is 5.92 Å². The monoisotopic (exact) mass is 390 g/mol. The molecule has 0 aromatic carbocycles. The maximum atomic E-state index is 12.1. The molecular formula is C18H38N4O3S. The number of hydrogen-bond donors (Lipinski definition) is 3. The molecule has 154 valence electrons. The summed E-state index contributed by atoms with van der Waals surface area (Å²) in [6.07, 6.45) is 6.55. The summed E-state index contributed by atoms with van der Waals surface area (Å²) in [7, 11) is -1.61. The highest BCUT2D eigenvalue weighted by molar-refractivity contribution is 7.89. The Morgan fingerprint density at radius 3 is 2.62 bits per heavy atom. The molecule has 1 fully saturated rings. The SMILES string of the molecule is CN=C(NCCS(=O)(=O)NCC1CCCCO1)NC(C)CCCC(C)C. The fourth-order valence-corrected chi connectivity index (χ4v) is 3.85. The number of hydrogen-bond acceptors (Lipinski definition) is 4. The molecule has 26 heavy (non-hydrogen) atoms. The van der Waals surface area contributed by atoms with E-state index in [1.807, 2.05) is 0 Å². The molecule has 0 bridgehead atoms. The van der Waals surface area contributed by atoms with E-state index in [9.17, 15) is 8.42 Å². The van der Waals surface area contributed by atoms with Gasteiger partial charge in [0.25, 0.3) is 0 Å². The average molecular weight is 391 g/mol. The topological polar surface area (TPSA) is 91.8 Å². The van der Waals surface area contributed by atoms with Crippen molar-refractivity contribution < 1.29 is 13.2 Å². The third-order valence-electron chi connectivity index (χ3n) is 4.49. The molecule has 0 radical (unpaired) electrons. The van der Waals surface area contributed by atoms with E-state index in [2.05, 4.69) is 41.1 Å². The molecule has 0 saturated carbocycles. The summed E-state index contributed by atoms with van der Waals surface area (Å²) in [6, 6.07) is 0.304. The van der Waals surface area contributed by atoms with E-state index >= 15 is 0 Å². The summed E-state index contributed by atoms with van der Waals surface area (Å²) in [4.78, 5) is 4.17. The van der Waals surface area contributed by atoms with Crippen LogP contribution in [-0.2, 0) is 14.8 Å². The second kappa shape index (κ2) is 12.5. The van der Waals surface area contributed by atoms with Crippen LogP contribution in [0.3, 0.4) is 0 Å². The Labute approximate surface area is 159 Å². The number of ether oxygens (including phenoxy) is 1. The van der Waals surface area contributed by atoms with Gasteiger partial charge < -0.3 is 15.4 Å². The predicted octanol–water partition coefficient (Wildman–Crippen LogP) is 1.85. The standard InChI is InChI=1S/C18H38N4O3S/c1-15(2)8-7-9-16(3)22-18(19-4)20-11-13-26(23,24)21-14-17-10-5-6-12-25-17/h15-17,21H,5-14H2,1-4H3,(H2,19,20,22). The molecular weight excluding hydrogens is 352 g/mol. The lowest BCUT2D eigenvalue weighted by Crippen LogP contribution is -2.45. The molecule has 1 rings (SSSR count). The first kappa shape index (κ1) is 23.2. The van der Waals surface area contributed by atoms with Crippen molar-refractivity contribution in [2.45, 2.75) is 71.4 Å². The van der Waals surface area contributed by atoms with Crippen molar-refractivity contribution in [1.29, 1.82) is 0 Å². The van der Waals surface area contributed by atoms with Crippen molar-refractivity contribution in [3.05, 3.63) is 0 Å². The Kier molecular flexibility index (Phi) is 11.2. The molecule has 1 saturated heterocycles. The number of aliphatic imine (C=N–C) groups is 1. The molecule has 0 aromatic rings. The molecule has 0 amide bonds. The third kappa shape index (κ3) is 11.0. The lowest BCUT2D eigenvalue weighted by atomic mass is 10.0. The lowest BCUT2D eigenvalue weighted by Gasteiger charge is -2.22. The lowest BCUT2D eigenvalue weighted by molar-refractivity contribution is 0.0200. The van der Waals surface area contributed by atoms with E-state index in [1.54, 1.807) is 7.05 Å². The van der Waals surface area contributed by atoms with Gasteiger partial charge in [0.05, 0.1) is 11.9 Å². The maximum absolute atomic E-state index is 12.1. The Hall–Kier alpha value is -0.860.